The van der Waals surface area contributed by atoms with Crippen LogP contribution in [-0.4, -0.2) is 15.7 Å². The Labute approximate surface area is 78.9 Å². The zero-order valence-electron chi connectivity index (χ0n) is 6.13. The lowest BCUT2D eigenvalue weighted by atomic mass is 10.2. The summed E-state index contributed by atoms with van der Waals surface area (Å²) in [6.45, 7) is 4.91. The number of halogens is 1. The predicted octanol–water partition coefficient (Wildman–Crippen LogP) is 1.94. The van der Waals surface area contributed by atoms with E-state index >= 15 is 0 Å². The summed E-state index contributed by atoms with van der Waals surface area (Å²) in [5.41, 5.74) is 0.177. The van der Waals surface area contributed by atoms with E-state index in [4.69, 9.17) is 9.84 Å². The number of ether oxygens (including phenoxy) is 1. The van der Waals surface area contributed by atoms with Gasteiger partial charge in [-0.05, 0) is 35.6 Å². The van der Waals surface area contributed by atoms with Crippen molar-refractivity contribution in [2.24, 2.45) is 0 Å². The molecule has 0 aliphatic heterocycles. The average Bonchev–Trinajstić information content (AvgIpc) is 1.98. The molecular formula is C7H9IO3. The third kappa shape index (κ3) is 3.41. The van der Waals surface area contributed by atoms with E-state index in [9.17, 15) is 4.79 Å². The van der Waals surface area contributed by atoms with Crippen molar-refractivity contribution in [1.82, 2.24) is 0 Å². The number of carboxylic acid groups (broad SMARTS) is 1. The molecule has 0 amide bonds. The van der Waals surface area contributed by atoms with Crippen molar-refractivity contribution in [3.63, 3.8) is 0 Å². The smallest absolute Gasteiger partial charge is 0.335 e. The molecule has 3 nitrogen and oxygen atoms in total. The van der Waals surface area contributed by atoms with Crippen LogP contribution in [0.25, 0.3) is 0 Å². The maximum atomic E-state index is 10.4. The highest BCUT2D eigenvalue weighted by Gasteiger charge is 2.06. The van der Waals surface area contributed by atoms with Crippen molar-refractivity contribution in [1.29, 1.82) is 0 Å². The first-order valence-electron chi connectivity index (χ1n) is 2.88. The van der Waals surface area contributed by atoms with E-state index < -0.39 is 5.97 Å². The fourth-order valence-corrected chi connectivity index (χ4v) is 0.820. The number of carbonyl (C=O) groups is 1. The van der Waals surface area contributed by atoms with Crippen molar-refractivity contribution >= 4 is 28.6 Å². The minimum atomic E-state index is -0.982. The molecular weight excluding hydrogens is 259 g/mol. The van der Waals surface area contributed by atoms with Gasteiger partial charge in [0.2, 0.25) is 0 Å². The highest BCUT2D eigenvalue weighted by Crippen LogP contribution is 2.08. The maximum absolute atomic E-state index is 10.4. The Morgan fingerprint density at radius 3 is 2.64 bits per heavy atom. The van der Waals surface area contributed by atoms with E-state index in [0.717, 1.165) is 0 Å². The summed E-state index contributed by atoms with van der Waals surface area (Å²) in [5.74, 6) is -0.656. The molecule has 0 atom stereocenters. The lowest BCUT2D eigenvalue weighted by Crippen LogP contribution is -2.01. The van der Waals surface area contributed by atoms with Gasteiger partial charge in [-0.1, -0.05) is 6.58 Å². The van der Waals surface area contributed by atoms with Crippen molar-refractivity contribution in [2.75, 3.05) is 4.61 Å². The number of hydrogen-bond acceptors (Lipinski definition) is 2. The molecule has 0 aliphatic rings. The van der Waals surface area contributed by atoms with Gasteiger partial charge < -0.3 is 9.84 Å². The molecule has 0 radical (unpaired) electrons. The standard InChI is InChI=1S/C7H9IO3/c1-3-6(11-4-8)5(2)7(9)10/h3H,1,4H2,2H3,(H,9,10)/b6-5-. The second-order valence-corrected chi connectivity index (χ2v) is 2.37. The second-order valence-electron chi connectivity index (χ2n) is 1.75. The Morgan fingerprint density at radius 2 is 2.36 bits per heavy atom. The molecule has 0 aromatic carbocycles. The third-order valence-electron chi connectivity index (χ3n) is 1.09. The van der Waals surface area contributed by atoms with Crippen LogP contribution in [0.3, 0.4) is 0 Å². The van der Waals surface area contributed by atoms with Gasteiger partial charge in [0.1, 0.15) is 10.4 Å². The van der Waals surface area contributed by atoms with Crippen LogP contribution < -0.4 is 0 Å². The van der Waals surface area contributed by atoms with Gasteiger partial charge in [-0.15, -0.1) is 0 Å². The van der Waals surface area contributed by atoms with E-state index in [1.165, 1.54) is 13.0 Å². The number of rotatable bonds is 4. The van der Waals surface area contributed by atoms with E-state index in [1.54, 1.807) is 0 Å². The van der Waals surface area contributed by atoms with Gasteiger partial charge in [-0.3, -0.25) is 0 Å². The molecule has 62 valence electrons. The summed E-state index contributed by atoms with van der Waals surface area (Å²) in [5, 5.41) is 8.52. The van der Waals surface area contributed by atoms with Crippen LogP contribution in [0.15, 0.2) is 24.0 Å². The minimum Gasteiger partial charge on any atom is -0.483 e. The average molecular weight is 268 g/mol. The summed E-state index contributed by atoms with van der Waals surface area (Å²) in [7, 11) is 0. The molecule has 0 aromatic heterocycles. The lowest BCUT2D eigenvalue weighted by Gasteiger charge is -2.03. The molecule has 0 rings (SSSR count). The van der Waals surface area contributed by atoms with E-state index in [0.29, 0.717) is 10.4 Å². The molecule has 0 aliphatic carbocycles. The summed E-state index contributed by atoms with van der Waals surface area (Å²) >= 11 is 1.99. The number of aliphatic carboxylic acids is 1. The van der Waals surface area contributed by atoms with Gasteiger partial charge in [0, 0.05) is 0 Å². The van der Waals surface area contributed by atoms with Crippen molar-refractivity contribution in [3.05, 3.63) is 24.0 Å². The topological polar surface area (TPSA) is 46.5 Å². The highest BCUT2D eigenvalue weighted by atomic mass is 127. The molecule has 0 saturated carbocycles. The quantitative estimate of drug-likeness (QED) is 0.278. The van der Waals surface area contributed by atoms with Crippen LogP contribution in [0.1, 0.15) is 6.92 Å². The molecule has 0 saturated heterocycles. The number of allylic oxidation sites excluding steroid dienone is 1. The first-order chi connectivity index (χ1) is 5.13. The number of alkyl halides is 1. The summed E-state index contributed by atoms with van der Waals surface area (Å²) in [6.07, 6.45) is 1.39. The first-order valence-corrected chi connectivity index (χ1v) is 4.41. The lowest BCUT2D eigenvalue weighted by molar-refractivity contribution is -0.132. The van der Waals surface area contributed by atoms with E-state index in [1.807, 2.05) is 22.6 Å². The highest BCUT2D eigenvalue weighted by molar-refractivity contribution is 14.1. The summed E-state index contributed by atoms with van der Waals surface area (Å²) < 4.78 is 5.40. The Morgan fingerprint density at radius 1 is 1.82 bits per heavy atom. The molecule has 0 spiro atoms. The molecule has 1 N–H and O–H groups in total. The number of hydrogen-bond donors (Lipinski definition) is 1. The maximum Gasteiger partial charge on any atom is 0.335 e. The van der Waals surface area contributed by atoms with Gasteiger partial charge in [0.05, 0.1) is 5.57 Å². The van der Waals surface area contributed by atoms with Crippen LogP contribution in [0.5, 0.6) is 0 Å². The SMILES string of the molecule is C=C/C(OCI)=C(\C)C(=O)O. The van der Waals surface area contributed by atoms with Gasteiger partial charge in [-0.2, -0.15) is 0 Å². The minimum absolute atomic E-state index is 0.177. The van der Waals surface area contributed by atoms with Crippen LogP contribution in [0, 0.1) is 0 Å². The predicted molar refractivity (Wildman–Crippen MR) is 50.5 cm³/mol. The Kier molecular flexibility index (Phi) is 4.93. The van der Waals surface area contributed by atoms with Crippen molar-refractivity contribution in [3.8, 4) is 0 Å². The molecule has 0 bridgehead atoms. The second kappa shape index (κ2) is 5.17. The first kappa shape index (κ1) is 10.5. The summed E-state index contributed by atoms with van der Waals surface area (Å²) in [4.78, 5) is 10.4. The Balaban J connectivity index is 4.53. The fraction of sp³-hybridized carbons (Fsp3) is 0.286. The third-order valence-corrected chi connectivity index (χ3v) is 1.40. The summed E-state index contributed by atoms with van der Waals surface area (Å²) in [6, 6.07) is 0. The van der Waals surface area contributed by atoms with Gasteiger partial charge in [0.25, 0.3) is 0 Å². The van der Waals surface area contributed by atoms with Crippen LogP contribution >= 0.6 is 22.6 Å². The zero-order chi connectivity index (χ0) is 8.85. The fourth-order valence-electron chi connectivity index (χ4n) is 0.484. The van der Waals surface area contributed by atoms with E-state index in [2.05, 4.69) is 6.58 Å². The molecule has 11 heavy (non-hydrogen) atoms. The van der Waals surface area contributed by atoms with Crippen molar-refractivity contribution in [2.45, 2.75) is 6.92 Å². The zero-order valence-corrected chi connectivity index (χ0v) is 8.29. The van der Waals surface area contributed by atoms with Crippen molar-refractivity contribution < 1.29 is 14.6 Å². The van der Waals surface area contributed by atoms with Gasteiger partial charge in [-0.25, -0.2) is 4.79 Å². The largest absolute Gasteiger partial charge is 0.483 e. The van der Waals surface area contributed by atoms with Crippen LogP contribution in [0.2, 0.25) is 0 Å². The Bertz CT molecular complexity index is 196. The molecule has 0 unspecified atom stereocenters. The number of carboxylic acids is 1. The van der Waals surface area contributed by atoms with Gasteiger partial charge in [0.15, 0.2) is 0 Å². The van der Waals surface area contributed by atoms with E-state index in [-0.39, 0.29) is 5.57 Å². The van der Waals surface area contributed by atoms with Gasteiger partial charge >= 0.3 is 5.97 Å². The molecule has 0 aromatic rings. The van der Waals surface area contributed by atoms with Crippen LogP contribution in [-0.2, 0) is 9.53 Å². The molecule has 0 heterocycles. The molecule has 4 heteroatoms. The normalized spacial score (nSPS) is 11.8. The van der Waals surface area contributed by atoms with Crippen LogP contribution in [0.4, 0.5) is 0 Å². The molecule has 0 fully saturated rings. The Hall–Kier alpha value is -0.520. The monoisotopic (exact) mass is 268 g/mol.